The molecule has 0 aliphatic carbocycles. The largest absolute Gasteiger partial charge is 0.381 e. The summed E-state index contributed by atoms with van der Waals surface area (Å²) >= 11 is 6.14. The highest BCUT2D eigenvalue weighted by Gasteiger charge is 2.26. The number of halogens is 1. The number of aromatic amines is 1. The van der Waals surface area contributed by atoms with E-state index in [1.54, 1.807) is 17.7 Å². The maximum absolute atomic E-state index is 13.7. The van der Waals surface area contributed by atoms with Gasteiger partial charge in [-0.1, -0.05) is 17.7 Å². The van der Waals surface area contributed by atoms with Gasteiger partial charge in [-0.05, 0) is 67.1 Å². The summed E-state index contributed by atoms with van der Waals surface area (Å²) in [6, 6.07) is 9.41. The lowest BCUT2D eigenvalue weighted by Crippen LogP contribution is -2.43. The second-order valence-corrected chi connectivity index (χ2v) is 9.62. The van der Waals surface area contributed by atoms with E-state index in [1.165, 1.54) is 5.56 Å². The van der Waals surface area contributed by atoms with Crippen LogP contribution in [0.5, 0.6) is 0 Å². The molecule has 0 atom stereocenters. The lowest BCUT2D eigenvalue weighted by atomic mass is 9.97. The molecule has 8 nitrogen and oxygen atoms in total. The standard InChI is InChI=1S/C26H28ClN5O3/c1-15-11-21-22(32(23(28)25(33)30-21)24(29-2)16-6-9-35-10-7-16)13-20(15)26(34)31-8-5-17-12-19(27)4-3-18(17)14-31/h3-4,11-13,16,28H,5-10,14H2,1-2H3,(H,30,33). The van der Waals surface area contributed by atoms with Gasteiger partial charge in [0.2, 0.25) is 0 Å². The molecule has 0 bridgehead atoms. The van der Waals surface area contributed by atoms with Crippen molar-refractivity contribution in [1.82, 2.24) is 14.5 Å². The number of carbonyl (C=O) groups excluding carboxylic acids is 1. The minimum atomic E-state index is -0.490. The maximum atomic E-state index is 13.7. The summed E-state index contributed by atoms with van der Waals surface area (Å²) in [5.74, 6) is 0.648. The molecule has 9 heteroatoms. The zero-order chi connectivity index (χ0) is 24.7. The third-order valence-corrected chi connectivity index (χ3v) is 7.25. The van der Waals surface area contributed by atoms with E-state index in [4.69, 9.17) is 21.7 Å². The van der Waals surface area contributed by atoms with Crippen molar-refractivity contribution >= 4 is 34.4 Å². The number of nitrogens with one attached hydrogen (secondary N) is 2. The van der Waals surface area contributed by atoms with Crippen molar-refractivity contribution in [3.8, 4) is 0 Å². The Labute approximate surface area is 207 Å². The van der Waals surface area contributed by atoms with Crippen LogP contribution in [0.15, 0.2) is 40.1 Å². The second kappa shape index (κ2) is 9.43. The number of nitrogens with zero attached hydrogens (tertiary/aromatic N) is 3. The summed E-state index contributed by atoms with van der Waals surface area (Å²) in [5, 5.41) is 9.26. The number of fused-ring (bicyclic) bond motifs is 2. The summed E-state index contributed by atoms with van der Waals surface area (Å²) in [5.41, 5.74) is 4.08. The number of hydrogen-bond donors (Lipinski definition) is 2. The zero-order valence-electron chi connectivity index (χ0n) is 19.9. The van der Waals surface area contributed by atoms with Crippen LogP contribution >= 0.6 is 11.6 Å². The van der Waals surface area contributed by atoms with Crippen molar-refractivity contribution < 1.29 is 9.53 Å². The first-order chi connectivity index (χ1) is 16.9. The van der Waals surface area contributed by atoms with Crippen molar-refractivity contribution in [2.24, 2.45) is 10.9 Å². The summed E-state index contributed by atoms with van der Waals surface area (Å²) in [6.07, 6.45) is 2.28. The minimum Gasteiger partial charge on any atom is -0.381 e. The molecule has 0 saturated carbocycles. The number of amides is 1. The van der Waals surface area contributed by atoms with Gasteiger partial charge in [-0.2, -0.15) is 0 Å². The molecule has 182 valence electrons. The summed E-state index contributed by atoms with van der Waals surface area (Å²) < 4.78 is 7.11. The van der Waals surface area contributed by atoms with Crippen LogP contribution < -0.4 is 11.0 Å². The zero-order valence-corrected chi connectivity index (χ0v) is 20.6. The van der Waals surface area contributed by atoms with Crippen LogP contribution in [0.3, 0.4) is 0 Å². The molecule has 1 amide bonds. The van der Waals surface area contributed by atoms with E-state index >= 15 is 0 Å². The monoisotopic (exact) mass is 493 g/mol. The van der Waals surface area contributed by atoms with Gasteiger partial charge in [0.15, 0.2) is 5.49 Å². The van der Waals surface area contributed by atoms with Gasteiger partial charge in [-0.3, -0.25) is 24.6 Å². The fourth-order valence-corrected chi connectivity index (χ4v) is 5.33. The third-order valence-electron chi connectivity index (χ3n) is 7.01. The van der Waals surface area contributed by atoms with E-state index in [9.17, 15) is 9.59 Å². The Morgan fingerprint density at radius 3 is 2.71 bits per heavy atom. The minimum absolute atomic E-state index is 0.0683. The number of hydrogen-bond acceptors (Lipinski definition) is 5. The van der Waals surface area contributed by atoms with Gasteiger partial charge < -0.3 is 14.6 Å². The molecule has 1 aromatic heterocycles. The fourth-order valence-electron chi connectivity index (χ4n) is 5.14. The Balaban J connectivity index is 1.59. The molecular formula is C26H28ClN5O3. The van der Waals surface area contributed by atoms with E-state index in [-0.39, 0.29) is 17.3 Å². The van der Waals surface area contributed by atoms with Gasteiger partial charge in [-0.15, -0.1) is 0 Å². The third kappa shape index (κ3) is 4.32. The first kappa shape index (κ1) is 23.5. The molecule has 3 aromatic rings. The van der Waals surface area contributed by atoms with Gasteiger partial charge in [0, 0.05) is 49.9 Å². The number of carbonyl (C=O) groups is 1. The van der Waals surface area contributed by atoms with E-state index in [2.05, 4.69) is 9.98 Å². The predicted molar refractivity (Wildman–Crippen MR) is 135 cm³/mol. The number of benzene rings is 2. The van der Waals surface area contributed by atoms with Crippen LogP contribution in [0.1, 0.15) is 39.9 Å². The van der Waals surface area contributed by atoms with Crippen LogP contribution in [-0.2, 0) is 17.7 Å². The smallest absolute Gasteiger partial charge is 0.291 e. The van der Waals surface area contributed by atoms with Crippen LogP contribution in [-0.4, -0.2) is 53.0 Å². The predicted octanol–water partition coefficient (Wildman–Crippen LogP) is 3.27. The Bertz CT molecular complexity index is 1470. The van der Waals surface area contributed by atoms with E-state index < -0.39 is 5.56 Å². The van der Waals surface area contributed by atoms with Crippen molar-refractivity contribution in [3.05, 3.63) is 73.4 Å². The highest BCUT2D eigenvalue weighted by Crippen LogP contribution is 2.26. The number of ether oxygens (including phenoxy) is 1. The molecule has 2 aromatic carbocycles. The van der Waals surface area contributed by atoms with Gasteiger partial charge in [0.25, 0.3) is 11.5 Å². The Hall–Kier alpha value is -3.23. The molecule has 3 heterocycles. The topological polar surface area (TPSA) is 104 Å². The average Bonchev–Trinajstić information content (AvgIpc) is 2.86. The molecule has 2 N–H and O–H groups in total. The molecule has 0 unspecified atom stereocenters. The second-order valence-electron chi connectivity index (χ2n) is 9.18. The van der Waals surface area contributed by atoms with Crippen molar-refractivity contribution in [2.75, 3.05) is 26.8 Å². The molecule has 0 radical (unpaired) electrons. The molecular weight excluding hydrogens is 466 g/mol. The molecule has 2 aliphatic heterocycles. The molecule has 1 saturated heterocycles. The van der Waals surface area contributed by atoms with E-state index in [0.29, 0.717) is 53.8 Å². The summed E-state index contributed by atoms with van der Waals surface area (Å²) in [6.45, 7) is 4.21. The van der Waals surface area contributed by atoms with Gasteiger partial charge >= 0.3 is 0 Å². The lowest BCUT2D eigenvalue weighted by molar-refractivity contribution is 0.0734. The van der Waals surface area contributed by atoms with Crippen molar-refractivity contribution in [3.63, 3.8) is 0 Å². The maximum Gasteiger partial charge on any atom is 0.291 e. The first-order valence-electron chi connectivity index (χ1n) is 11.8. The highest BCUT2D eigenvalue weighted by molar-refractivity contribution is 6.30. The SMILES string of the molecule is CN=C(C1CCOCC1)n1c(=N)c(=O)[nH]c2cc(C)c(C(=O)N3CCc4cc(Cl)ccc4C3)cc21. The van der Waals surface area contributed by atoms with Gasteiger partial charge in [-0.25, -0.2) is 0 Å². The van der Waals surface area contributed by atoms with Crippen LogP contribution in [0.25, 0.3) is 11.0 Å². The molecule has 35 heavy (non-hydrogen) atoms. The van der Waals surface area contributed by atoms with E-state index in [1.807, 2.05) is 36.1 Å². The fraction of sp³-hybridized carbons (Fsp3) is 0.385. The van der Waals surface area contributed by atoms with Crippen LogP contribution in [0.4, 0.5) is 0 Å². The van der Waals surface area contributed by atoms with Crippen LogP contribution in [0.2, 0.25) is 5.02 Å². The quantitative estimate of drug-likeness (QED) is 0.423. The summed E-state index contributed by atoms with van der Waals surface area (Å²) in [4.78, 5) is 35.5. The number of aromatic nitrogens is 2. The number of H-pyrrole nitrogens is 1. The molecule has 1 fully saturated rings. The van der Waals surface area contributed by atoms with Crippen LogP contribution in [0, 0.1) is 18.3 Å². The highest BCUT2D eigenvalue weighted by atomic mass is 35.5. The van der Waals surface area contributed by atoms with Gasteiger partial charge in [0.05, 0.1) is 11.0 Å². The average molecular weight is 494 g/mol. The summed E-state index contributed by atoms with van der Waals surface area (Å²) in [7, 11) is 1.68. The van der Waals surface area contributed by atoms with E-state index in [0.717, 1.165) is 30.4 Å². The number of aryl methyl sites for hydroxylation is 1. The molecule has 2 aliphatic rings. The van der Waals surface area contributed by atoms with Crippen molar-refractivity contribution in [1.29, 1.82) is 5.41 Å². The Kier molecular flexibility index (Phi) is 6.34. The normalized spacial score (nSPS) is 17.0. The number of rotatable bonds is 2. The Morgan fingerprint density at radius 1 is 1.20 bits per heavy atom. The van der Waals surface area contributed by atoms with Gasteiger partial charge in [0.1, 0.15) is 5.84 Å². The molecule has 0 spiro atoms. The first-order valence-corrected chi connectivity index (χ1v) is 12.2. The number of aliphatic imine (C=N–C) groups is 1. The Morgan fingerprint density at radius 2 is 1.97 bits per heavy atom. The van der Waals surface area contributed by atoms with Crippen molar-refractivity contribution in [2.45, 2.75) is 32.7 Å². The lowest BCUT2D eigenvalue weighted by Gasteiger charge is -2.30. The molecule has 5 rings (SSSR count).